The molecule has 0 bridgehead atoms. The van der Waals surface area contributed by atoms with E-state index in [2.05, 4.69) is 10.3 Å². The van der Waals surface area contributed by atoms with Crippen LogP contribution in [0.2, 0.25) is 0 Å². The molecule has 3 rings (SSSR count). The lowest BCUT2D eigenvalue weighted by Gasteiger charge is -2.48. The molecule has 1 atom stereocenters. The van der Waals surface area contributed by atoms with Gasteiger partial charge in [0.1, 0.15) is 5.54 Å². The van der Waals surface area contributed by atoms with Gasteiger partial charge in [-0.05, 0) is 31.4 Å². The van der Waals surface area contributed by atoms with Crippen molar-refractivity contribution in [2.45, 2.75) is 24.8 Å². The van der Waals surface area contributed by atoms with E-state index in [4.69, 9.17) is 0 Å². The minimum absolute atomic E-state index is 0.111. The van der Waals surface area contributed by atoms with Crippen LogP contribution >= 0.6 is 0 Å². The standard InChI is InChI=1S/C12H15N3O2/c16-8-12-5-1-2-7-15(12)10-9(14-11(12)17)4-3-6-13-10/h3-4,6,16H,1-2,5,7-8H2,(H,14,17). The molecule has 0 aromatic carbocycles. The van der Waals surface area contributed by atoms with Crippen LogP contribution in [0.3, 0.4) is 0 Å². The Morgan fingerprint density at radius 1 is 1.53 bits per heavy atom. The van der Waals surface area contributed by atoms with E-state index in [0.717, 1.165) is 30.9 Å². The highest BCUT2D eigenvalue weighted by atomic mass is 16.3. The highest BCUT2D eigenvalue weighted by Gasteiger charge is 2.49. The van der Waals surface area contributed by atoms with Gasteiger partial charge < -0.3 is 15.3 Å². The molecule has 0 aliphatic carbocycles. The molecule has 1 amide bonds. The number of anilines is 2. The molecule has 90 valence electrons. The van der Waals surface area contributed by atoms with Gasteiger partial charge in [-0.25, -0.2) is 4.98 Å². The molecule has 3 heterocycles. The van der Waals surface area contributed by atoms with Crippen LogP contribution in [0.5, 0.6) is 0 Å². The van der Waals surface area contributed by atoms with Crippen LogP contribution in [0, 0.1) is 0 Å². The first-order valence-electron chi connectivity index (χ1n) is 5.93. The Morgan fingerprint density at radius 2 is 2.41 bits per heavy atom. The summed E-state index contributed by atoms with van der Waals surface area (Å²) in [7, 11) is 0. The lowest BCUT2D eigenvalue weighted by molar-refractivity contribution is -0.123. The first kappa shape index (κ1) is 10.5. The van der Waals surface area contributed by atoms with Crippen molar-refractivity contribution in [1.29, 1.82) is 0 Å². The molecule has 2 aliphatic rings. The zero-order valence-electron chi connectivity index (χ0n) is 9.52. The van der Waals surface area contributed by atoms with E-state index < -0.39 is 5.54 Å². The molecule has 1 saturated heterocycles. The zero-order valence-corrected chi connectivity index (χ0v) is 9.52. The number of aromatic nitrogens is 1. The van der Waals surface area contributed by atoms with E-state index in [0.29, 0.717) is 6.42 Å². The second-order valence-electron chi connectivity index (χ2n) is 4.63. The molecule has 1 fully saturated rings. The Kier molecular flexibility index (Phi) is 2.29. The Balaban J connectivity index is 2.13. The second kappa shape index (κ2) is 3.70. The van der Waals surface area contributed by atoms with Gasteiger partial charge in [0.05, 0.1) is 12.3 Å². The molecule has 1 aromatic heterocycles. The van der Waals surface area contributed by atoms with Crippen molar-refractivity contribution in [1.82, 2.24) is 4.98 Å². The largest absolute Gasteiger partial charge is 0.393 e. The number of pyridine rings is 1. The van der Waals surface area contributed by atoms with Crippen molar-refractivity contribution >= 4 is 17.4 Å². The van der Waals surface area contributed by atoms with Crippen LogP contribution in [0.1, 0.15) is 19.3 Å². The lowest BCUT2D eigenvalue weighted by atomic mass is 9.84. The van der Waals surface area contributed by atoms with Crippen molar-refractivity contribution in [3.8, 4) is 0 Å². The Hall–Kier alpha value is -1.62. The van der Waals surface area contributed by atoms with Crippen LogP contribution in [0.15, 0.2) is 18.3 Å². The number of carbonyl (C=O) groups is 1. The van der Waals surface area contributed by atoms with Gasteiger partial charge in [0.2, 0.25) is 0 Å². The van der Waals surface area contributed by atoms with Gasteiger partial charge in [-0.2, -0.15) is 0 Å². The first-order valence-corrected chi connectivity index (χ1v) is 5.93. The van der Waals surface area contributed by atoms with Crippen LogP contribution in [0.25, 0.3) is 0 Å². The van der Waals surface area contributed by atoms with Gasteiger partial charge in [-0.1, -0.05) is 0 Å². The normalized spacial score (nSPS) is 27.1. The summed E-state index contributed by atoms with van der Waals surface area (Å²) in [5.41, 5.74) is -0.0666. The summed E-state index contributed by atoms with van der Waals surface area (Å²) in [6, 6.07) is 3.64. The molecule has 1 unspecified atom stereocenters. The summed E-state index contributed by atoms with van der Waals surface area (Å²) >= 11 is 0. The van der Waals surface area contributed by atoms with Gasteiger partial charge in [0, 0.05) is 12.7 Å². The van der Waals surface area contributed by atoms with Crippen molar-refractivity contribution in [3.63, 3.8) is 0 Å². The molecular formula is C12H15N3O2. The maximum atomic E-state index is 12.2. The number of nitrogens with zero attached hydrogens (tertiary/aromatic N) is 2. The lowest BCUT2D eigenvalue weighted by Crippen LogP contribution is -2.64. The molecular weight excluding hydrogens is 218 g/mol. The number of aliphatic hydroxyl groups is 1. The SMILES string of the molecule is O=C1Nc2cccnc2N2CCCCC12CO. The fourth-order valence-corrected chi connectivity index (χ4v) is 2.77. The van der Waals surface area contributed by atoms with Gasteiger partial charge in [0.15, 0.2) is 5.82 Å². The molecule has 1 aromatic rings. The number of aliphatic hydroxyl groups excluding tert-OH is 1. The summed E-state index contributed by atoms with van der Waals surface area (Å²) in [6.45, 7) is 0.618. The highest BCUT2D eigenvalue weighted by Crippen LogP contribution is 2.40. The second-order valence-corrected chi connectivity index (χ2v) is 4.63. The Morgan fingerprint density at radius 3 is 3.24 bits per heavy atom. The minimum Gasteiger partial charge on any atom is -0.393 e. The molecule has 5 heteroatoms. The van der Waals surface area contributed by atoms with E-state index in [1.165, 1.54) is 0 Å². The quantitative estimate of drug-likeness (QED) is 0.751. The van der Waals surface area contributed by atoms with Crippen LogP contribution in [-0.4, -0.2) is 34.7 Å². The van der Waals surface area contributed by atoms with Crippen molar-refractivity contribution in [2.24, 2.45) is 0 Å². The number of piperidine rings is 1. The van der Waals surface area contributed by atoms with Crippen LogP contribution in [-0.2, 0) is 4.79 Å². The highest BCUT2D eigenvalue weighted by molar-refractivity contribution is 6.06. The number of hydrogen-bond donors (Lipinski definition) is 2. The Bertz CT molecular complexity index is 463. The molecule has 0 spiro atoms. The maximum Gasteiger partial charge on any atom is 0.252 e. The summed E-state index contributed by atoms with van der Waals surface area (Å²) < 4.78 is 0. The van der Waals surface area contributed by atoms with Crippen LogP contribution in [0.4, 0.5) is 11.5 Å². The third-order valence-corrected chi connectivity index (χ3v) is 3.71. The zero-order chi connectivity index (χ0) is 11.9. The topological polar surface area (TPSA) is 65.5 Å². The molecule has 2 aliphatic heterocycles. The van der Waals surface area contributed by atoms with Crippen molar-refractivity contribution in [3.05, 3.63) is 18.3 Å². The van der Waals surface area contributed by atoms with Crippen molar-refractivity contribution < 1.29 is 9.90 Å². The van der Waals surface area contributed by atoms with Gasteiger partial charge in [-0.15, -0.1) is 0 Å². The summed E-state index contributed by atoms with van der Waals surface area (Å²) in [6.07, 6.45) is 4.40. The number of fused-ring (bicyclic) bond motifs is 3. The van der Waals surface area contributed by atoms with E-state index >= 15 is 0 Å². The molecule has 0 radical (unpaired) electrons. The summed E-state index contributed by atoms with van der Waals surface area (Å²) in [4.78, 5) is 18.5. The van der Waals surface area contributed by atoms with Gasteiger partial charge in [-0.3, -0.25) is 4.79 Å². The number of carbonyl (C=O) groups excluding carboxylic acids is 1. The number of amides is 1. The van der Waals surface area contributed by atoms with Gasteiger partial charge >= 0.3 is 0 Å². The smallest absolute Gasteiger partial charge is 0.252 e. The van der Waals surface area contributed by atoms with E-state index in [1.54, 1.807) is 12.3 Å². The average Bonchev–Trinajstić information content (AvgIpc) is 2.39. The molecule has 2 N–H and O–H groups in total. The minimum atomic E-state index is -0.806. The van der Waals surface area contributed by atoms with Gasteiger partial charge in [0.25, 0.3) is 5.91 Å². The predicted octanol–water partition coefficient (Wildman–Crippen LogP) is 0.755. The predicted molar refractivity (Wildman–Crippen MR) is 63.9 cm³/mol. The molecule has 5 nitrogen and oxygen atoms in total. The maximum absolute atomic E-state index is 12.2. The Labute approximate surface area is 99.5 Å². The number of hydrogen-bond acceptors (Lipinski definition) is 4. The number of nitrogens with one attached hydrogen (secondary N) is 1. The fourth-order valence-electron chi connectivity index (χ4n) is 2.77. The monoisotopic (exact) mass is 233 g/mol. The van der Waals surface area contributed by atoms with E-state index in [-0.39, 0.29) is 12.5 Å². The fraction of sp³-hybridized carbons (Fsp3) is 0.500. The molecule has 0 saturated carbocycles. The summed E-state index contributed by atoms with van der Waals surface area (Å²) in [5.74, 6) is 0.668. The third kappa shape index (κ3) is 1.35. The van der Waals surface area contributed by atoms with E-state index in [9.17, 15) is 9.90 Å². The molecule has 17 heavy (non-hydrogen) atoms. The third-order valence-electron chi connectivity index (χ3n) is 3.71. The number of rotatable bonds is 1. The average molecular weight is 233 g/mol. The van der Waals surface area contributed by atoms with Crippen LogP contribution < -0.4 is 10.2 Å². The summed E-state index contributed by atoms with van der Waals surface area (Å²) in [5, 5.41) is 12.5. The van der Waals surface area contributed by atoms with Crippen molar-refractivity contribution in [2.75, 3.05) is 23.4 Å². The first-order chi connectivity index (χ1) is 8.28. The van der Waals surface area contributed by atoms with E-state index in [1.807, 2.05) is 11.0 Å².